The van der Waals surface area contributed by atoms with Gasteiger partial charge in [-0.05, 0) is 48.0 Å². The van der Waals surface area contributed by atoms with E-state index in [9.17, 15) is 0 Å². The molecule has 1 aromatic carbocycles. The first-order valence-corrected chi connectivity index (χ1v) is 7.58. The Bertz CT molecular complexity index is 496. The number of amidine groups is 1. The van der Waals surface area contributed by atoms with Gasteiger partial charge >= 0.3 is 0 Å². The van der Waals surface area contributed by atoms with Crippen LogP contribution in [0.25, 0.3) is 0 Å². The Kier molecular flexibility index (Phi) is 4.88. The molecule has 0 atom stereocenters. The molecule has 1 aliphatic heterocycles. The zero-order chi connectivity index (χ0) is 14.7. The van der Waals surface area contributed by atoms with E-state index < -0.39 is 0 Å². The van der Waals surface area contributed by atoms with Crippen LogP contribution in [0.4, 0.5) is 5.69 Å². The van der Waals surface area contributed by atoms with Crippen LogP contribution in [-0.2, 0) is 0 Å². The molecular formula is C14H21BrN4O. The van der Waals surface area contributed by atoms with E-state index in [1.54, 1.807) is 0 Å². The Morgan fingerprint density at radius 3 is 2.45 bits per heavy atom. The second-order valence-corrected chi connectivity index (χ2v) is 6.12. The summed E-state index contributed by atoms with van der Waals surface area (Å²) in [7, 11) is 0. The van der Waals surface area contributed by atoms with Crippen LogP contribution in [0.1, 0.15) is 19.4 Å². The highest BCUT2D eigenvalue weighted by Gasteiger charge is 2.20. The van der Waals surface area contributed by atoms with Crippen molar-refractivity contribution in [3.8, 4) is 0 Å². The number of oxime groups is 1. The van der Waals surface area contributed by atoms with Crippen LogP contribution < -0.4 is 10.6 Å². The van der Waals surface area contributed by atoms with Crippen molar-refractivity contribution in [3.05, 3.63) is 28.2 Å². The molecule has 1 heterocycles. The number of piperazine rings is 1. The second-order valence-electron chi connectivity index (χ2n) is 5.27. The Balaban J connectivity index is 2.11. The van der Waals surface area contributed by atoms with Crippen molar-refractivity contribution in [2.24, 2.45) is 10.9 Å². The molecule has 0 bridgehead atoms. The van der Waals surface area contributed by atoms with Crippen LogP contribution in [0.15, 0.2) is 27.8 Å². The molecule has 3 N–H and O–H groups in total. The van der Waals surface area contributed by atoms with Gasteiger partial charge < -0.3 is 15.8 Å². The van der Waals surface area contributed by atoms with Gasteiger partial charge in [-0.2, -0.15) is 0 Å². The molecule has 1 fully saturated rings. The number of nitrogens with zero attached hydrogens (tertiary/aromatic N) is 3. The molecule has 0 unspecified atom stereocenters. The van der Waals surface area contributed by atoms with Crippen LogP contribution in [0.3, 0.4) is 0 Å². The van der Waals surface area contributed by atoms with Gasteiger partial charge in [-0.3, -0.25) is 4.90 Å². The summed E-state index contributed by atoms with van der Waals surface area (Å²) in [6.07, 6.45) is 0. The molecule has 5 nitrogen and oxygen atoms in total. The summed E-state index contributed by atoms with van der Waals surface area (Å²) in [5.74, 6) is 0.127. The molecule has 0 amide bonds. The first-order chi connectivity index (χ1) is 9.52. The lowest BCUT2D eigenvalue weighted by molar-refractivity contribution is 0.209. The second kappa shape index (κ2) is 6.45. The Morgan fingerprint density at radius 2 is 1.95 bits per heavy atom. The topological polar surface area (TPSA) is 65.1 Å². The summed E-state index contributed by atoms with van der Waals surface area (Å²) in [5, 5.41) is 11.7. The highest BCUT2D eigenvalue weighted by atomic mass is 79.9. The van der Waals surface area contributed by atoms with Gasteiger partial charge in [-0.1, -0.05) is 5.16 Å². The Labute approximate surface area is 128 Å². The van der Waals surface area contributed by atoms with E-state index in [1.165, 1.54) is 0 Å². The van der Waals surface area contributed by atoms with Gasteiger partial charge in [-0.25, -0.2) is 0 Å². The van der Waals surface area contributed by atoms with Crippen molar-refractivity contribution < 1.29 is 5.21 Å². The minimum atomic E-state index is 0.127. The summed E-state index contributed by atoms with van der Waals surface area (Å²) in [4.78, 5) is 4.84. The first-order valence-electron chi connectivity index (χ1n) is 6.79. The average molecular weight is 341 g/mol. The fraction of sp³-hybridized carbons (Fsp3) is 0.500. The number of rotatable bonds is 3. The third kappa shape index (κ3) is 3.24. The SMILES string of the molecule is CC(C)N1CCN(c2ccc(C(N)=NO)cc2Br)CC1. The van der Waals surface area contributed by atoms with Crippen LogP contribution in [0.5, 0.6) is 0 Å². The van der Waals surface area contributed by atoms with E-state index in [0.29, 0.717) is 11.6 Å². The van der Waals surface area contributed by atoms with E-state index in [-0.39, 0.29) is 5.84 Å². The summed E-state index contributed by atoms with van der Waals surface area (Å²) in [5.41, 5.74) is 7.47. The lowest BCUT2D eigenvalue weighted by atomic mass is 10.1. The maximum Gasteiger partial charge on any atom is 0.170 e. The lowest BCUT2D eigenvalue weighted by Crippen LogP contribution is -2.49. The third-order valence-corrected chi connectivity index (χ3v) is 4.37. The fourth-order valence-corrected chi connectivity index (χ4v) is 3.09. The van der Waals surface area contributed by atoms with Crippen LogP contribution in [-0.4, -0.2) is 48.2 Å². The molecule has 1 aromatic rings. The van der Waals surface area contributed by atoms with E-state index >= 15 is 0 Å². The van der Waals surface area contributed by atoms with E-state index in [0.717, 1.165) is 36.3 Å². The molecule has 20 heavy (non-hydrogen) atoms. The molecule has 6 heteroatoms. The van der Waals surface area contributed by atoms with Crippen molar-refractivity contribution in [3.63, 3.8) is 0 Å². The number of nitrogens with two attached hydrogens (primary N) is 1. The zero-order valence-corrected chi connectivity index (χ0v) is 13.5. The molecule has 0 spiro atoms. The largest absolute Gasteiger partial charge is 0.409 e. The third-order valence-electron chi connectivity index (χ3n) is 3.74. The minimum absolute atomic E-state index is 0.127. The van der Waals surface area contributed by atoms with E-state index in [1.807, 2.05) is 18.2 Å². The zero-order valence-electron chi connectivity index (χ0n) is 11.9. The van der Waals surface area contributed by atoms with Crippen LogP contribution in [0, 0.1) is 0 Å². The fourth-order valence-electron chi connectivity index (χ4n) is 2.46. The Morgan fingerprint density at radius 1 is 1.30 bits per heavy atom. The van der Waals surface area contributed by atoms with Crippen LogP contribution in [0.2, 0.25) is 0 Å². The minimum Gasteiger partial charge on any atom is -0.409 e. The Hall–Kier alpha value is -1.27. The monoisotopic (exact) mass is 340 g/mol. The number of anilines is 1. The van der Waals surface area contributed by atoms with Crippen molar-refractivity contribution in [1.82, 2.24) is 4.90 Å². The molecule has 0 saturated carbocycles. The number of benzene rings is 1. The quantitative estimate of drug-likeness (QED) is 0.382. The van der Waals surface area contributed by atoms with Crippen LogP contribution >= 0.6 is 15.9 Å². The predicted molar refractivity (Wildman–Crippen MR) is 85.6 cm³/mol. The summed E-state index contributed by atoms with van der Waals surface area (Å²) < 4.78 is 0.972. The summed E-state index contributed by atoms with van der Waals surface area (Å²) in [6.45, 7) is 8.65. The molecule has 2 rings (SSSR count). The molecule has 1 aliphatic rings. The lowest BCUT2D eigenvalue weighted by Gasteiger charge is -2.38. The number of hydrogen-bond acceptors (Lipinski definition) is 4. The highest BCUT2D eigenvalue weighted by Crippen LogP contribution is 2.28. The predicted octanol–water partition coefficient (Wildman–Crippen LogP) is 2.07. The van der Waals surface area contributed by atoms with E-state index in [2.05, 4.69) is 44.7 Å². The molecule has 0 aromatic heterocycles. The van der Waals surface area contributed by atoms with E-state index in [4.69, 9.17) is 10.9 Å². The molecular weight excluding hydrogens is 320 g/mol. The van der Waals surface area contributed by atoms with Crippen molar-refractivity contribution >= 4 is 27.5 Å². The highest BCUT2D eigenvalue weighted by molar-refractivity contribution is 9.10. The summed E-state index contributed by atoms with van der Waals surface area (Å²) >= 11 is 3.58. The normalized spacial score (nSPS) is 17.8. The van der Waals surface area contributed by atoms with Gasteiger partial charge in [-0.15, -0.1) is 0 Å². The number of halogens is 1. The van der Waals surface area contributed by atoms with Gasteiger partial charge in [0.1, 0.15) is 0 Å². The van der Waals surface area contributed by atoms with Gasteiger partial charge in [0.05, 0.1) is 5.69 Å². The molecule has 0 aliphatic carbocycles. The smallest absolute Gasteiger partial charge is 0.170 e. The summed E-state index contributed by atoms with van der Waals surface area (Å²) in [6, 6.07) is 6.38. The molecule has 1 saturated heterocycles. The average Bonchev–Trinajstić information content (AvgIpc) is 2.46. The van der Waals surface area contributed by atoms with Gasteiger partial charge in [0.25, 0.3) is 0 Å². The van der Waals surface area contributed by atoms with Crippen molar-refractivity contribution in [2.75, 3.05) is 31.1 Å². The maximum absolute atomic E-state index is 8.71. The van der Waals surface area contributed by atoms with Crippen molar-refractivity contribution in [1.29, 1.82) is 0 Å². The van der Waals surface area contributed by atoms with Gasteiger partial charge in [0.15, 0.2) is 5.84 Å². The standard InChI is InChI=1S/C14H21BrN4O/c1-10(2)18-5-7-19(8-6-18)13-4-3-11(9-12(13)15)14(16)17-20/h3-4,9-10,20H,5-8H2,1-2H3,(H2,16,17). The van der Waals surface area contributed by atoms with Gasteiger partial charge in [0.2, 0.25) is 0 Å². The molecule has 0 radical (unpaired) electrons. The maximum atomic E-state index is 8.71. The van der Waals surface area contributed by atoms with Gasteiger partial charge in [0, 0.05) is 42.3 Å². The van der Waals surface area contributed by atoms with Crippen molar-refractivity contribution in [2.45, 2.75) is 19.9 Å². The first kappa shape index (κ1) is 15.1. The molecule has 110 valence electrons. The number of hydrogen-bond donors (Lipinski definition) is 2.